The monoisotopic (exact) mass is 250 g/mol. The van der Waals surface area contributed by atoms with Gasteiger partial charge in [-0.2, -0.15) is 0 Å². The van der Waals surface area contributed by atoms with Gasteiger partial charge in [0.05, 0.1) is 5.56 Å². The second-order valence-electron chi connectivity index (χ2n) is 4.88. The van der Waals surface area contributed by atoms with Gasteiger partial charge in [-0.3, -0.25) is 4.79 Å². The molecule has 0 bridgehead atoms. The summed E-state index contributed by atoms with van der Waals surface area (Å²) in [5.74, 6) is -0.214. The molecule has 0 aromatic heterocycles. The lowest BCUT2D eigenvalue weighted by Gasteiger charge is -2.35. The minimum Gasteiger partial charge on any atom is -0.508 e. The Kier molecular flexibility index (Phi) is 3.43. The molecule has 2 unspecified atom stereocenters. The van der Waals surface area contributed by atoms with Crippen LogP contribution in [0, 0.1) is 5.92 Å². The van der Waals surface area contributed by atoms with E-state index in [9.17, 15) is 15.0 Å². The molecule has 1 amide bonds. The Balaban J connectivity index is 2.16. The summed E-state index contributed by atoms with van der Waals surface area (Å²) < 4.78 is 0. The molecular weight excluding hydrogens is 232 g/mol. The van der Waals surface area contributed by atoms with Crippen LogP contribution >= 0.6 is 0 Å². The van der Waals surface area contributed by atoms with Crippen LogP contribution in [0.25, 0.3) is 0 Å². The highest BCUT2D eigenvalue weighted by molar-refractivity contribution is 5.97. The highest BCUT2D eigenvalue weighted by Gasteiger charge is 2.28. The molecule has 1 aliphatic heterocycles. The Morgan fingerprint density at radius 2 is 2.17 bits per heavy atom. The minimum absolute atomic E-state index is 0.0573. The van der Waals surface area contributed by atoms with Gasteiger partial charge in [0.2, 0.25) is 0 Å². The number of piperidine rings is 1. The van der Waals surface area contributed by atoms with Crippen LogP contribution in [0.15, 0.2) is 18.2 Å². The van der Waals surface area contributed by atoms with E-state index in [1.54, 1.807) is 4.90 Å². The Morgan fingerprint density at radius 1 is 1.44 bits per heavy atom. The molecule has 2 atom stereocenters. The smallest absolute Gasteiger partial charge is 0.257 e. The van der Waals surface area contributed by atoms with Crippen molar-refractivity contribution in [2.45, 2.75) is 19.4 Å². The number of phenolic OH excluding ortho intramolecular Hbond substituents is 2. The standard InChI is InChI=1S/C13H18N2O3/c1-8-7-15(5-4-11(8)14)13(18)10-3-2-9(16)6-12(10)17/h2-3,6,8,11,16-17H,4-5,7,14H2,1H3. The summed E-state index contributed by atoms with van der Waals surface area (Å²) in [5.41, 5.74) is 6.13. The summed E-state index contributed by atoms with van der Waals surface area (Å²) in [6, 6.07) is 4.13. The lowest BCUT2D eigenvalue weighted by Crippen LogP contribution is -2.48. The number of amides is 1. The number of rotatable bonds is 1. The first-order valence-corrected chi connectivity index (χ1v) is 6.06. The summed E-state index contributed by atoms with van der Waals surface area (Å²) in [7, 11) is 0. The van der Waals surface area contributed by atoms with Gasteiger partial charge >= 0.3 is 0 Å². The lowest BCUT2D eigenvalue weighted by atomic mass is 9.94. The predicted octanol–water partition coefficient (Wildman–Crippen LogP) is 0.907. The van der Waals surface area contributed by atoms with Crippen LogP contribution < -0.4 is 5.73 Å². The molecule has 1 fully saturated rings. The molecule has 1 aromatic carbocycles. The molecular formula is C13H18N2O3. The Hall–Kier alpha value is -1.75. The van der Waals surface area contributed by atoms with Crippen molar-refractivity contribution >= 4 is 5.91 Å². The Labute approximate surface area is 106 Å². The van der Waals surface area contributed by atoms with Crippen LogP contribution in [0.5, 0.6) is 11.5 Å². The molecule has 98 valence electrons. The molecule has 0 spiro atoms. The highest BCUT2D eigenvalue weighted by atomic mass is 16.3. The first-order valence-electron chi connectivity index (χ1n) is 6.06. The quantitative estimate of drug-likeness (QED) is 0.691. The number of benzene rings is 1. The molecule has 18 heavy (non-hydrogen) atoms. The zero-order valence-corrected chi connectivity index (χ0v) is 10.3. The molecule has 1 aliphatic rings. The molecule has 2 rings (SSSR count). The molecule has 0 aliphatic carbocycles. The zero-order valence-electron chi connectivity index (χ0n) is 10.3. The fraction of sp³-hybridized carbons (Fsp3) is 0.462. The van der Waals surface area contributed by atoms with E-state index < -0.39 is 0 Å². The number of phenols is 2. The van der Waals surface area contributed by atoms with E-state index in [1.807, 2.05) is 6.92 Å². The van der Waals surface area contributed by atoms with Crippen molar-refractivity contribution in [1.29, 1.82) is 0 Å². The van der Waals surface area contributed by atoms with Crippen molar-refractivity contribution in [3.63, 3.8) is 0 Å². The second-order valence-corrected chi connectivity index (χ2v) is 4.88. The number of aromatic hydroxyl groups is 2. The van der Waals surface area contributed by atoms with Gasteiger partial charge in [0.25, 0.3) is 5.91 Å². The van der Waals surface area contributed by atoms with Gasteiger partial charge in [-0.15, -0.1) is 0 Å². The van der Waals surface area contributed by atoms with Crippen LogP contribution in [-0.2, 0) is 0 Å². The number of hydrogen-bond donors (Lipinski definition) is 3. The van der Waals surface area contributed by atoms with Crippen molar-refractivity contribution in [3.05, 3.63) is 23.8 Å². The SMILES string of the molecule is CC1CN(C(=O)c2ccc(O)cc2O)CCC1N. The Bertz CT molecular complexity index is 462. The van der Waals surface area contributed by atoms with Crippen molar-refractivity contribution in [3.8, 4) is 11.5 Å². The van der Waals surface area contributed by atoms with E-state index in [4.69, 9.17) is 5.73 Å². The largest absolute Gasteiger partial charge is 0.508 e. The van der Waals surface area contributed by atoms with Gasteiger partial charge in [-0.1, -0.05) is 6.92 Å². The molecule has 4 N–H and O–H groups in total. The maximum atomic E-state index is 12.2. The number of nitrogens with zero attached hydrogens (tertiary/aromatic N) is 1. The maximum absolute atomic E-state index is 12.2. The number of carbonyl (C=O) groups is 1. The highest BCUT2D eigenvalue weighted by Crippen LogP contribution is 2.25. The van der Waals surface area contributed by atoms with Crippen molar-refractivity contribution in [2.24, 2.45) is 11.7 Å². The van der Waals surface area contributed by atoms with Crippen LogP contribution in [0.1, 0.15) is 23.7 Å². The molecule has 5 heteroatoms. The van der Waals surface area contributed by atoms with E-state index in [-0.39, 0.29) is 34.9 Å². The number of nitrogens with two attached hydrogens (primary N) is 1. The second kappa shape index (κ2) is 4.86. The first-order chi connectivity index (χ1) is 8.49. The number of hydrogen-bond acceptors (Lipinski definition) is 4. The van der Waals surface area contributed by atoms with E-state index in [0.717, 1.165) is 6.42 Å². The first kappa shape index (κ1) is 12.7. The van der Waals surface area contributed by atoms with Gasteiger partial charge in [-0.25, -0.2) is 0 Å². The van der Waals surface area contributed by atoms with Gasteiger partial charge in [0.15, 0.2) is 0 Å². The number of likely N-dealkylation sites (tertiary alicyclic amines) is 1. The van der Waals surface area contributed by atoms with Gasteiger partial charge in [-0.05, 0) is 24.5 Å². The van der Waals surface area contributed by atoms with Crippen LogP contribution in [0.2, 0.25) is 0 Å². The van der Waals surface area contributed by atoms with Crippen molar-refractivity contribution < 1.29 is 15.0 Å². The average Bonchev–Trinajstić information content (AvgIpc) is 2.32. The predicted molar refractivity (Wildman–Crippen MR) is 67.4 cm³/mol. The summed E-state index contributed by atoms with van der Waals surface area (Å²) in [5, 5.41) is 18.9. The fourth-order valence-corrected chi connectivity index (χ4v) is 2.22. The van der Waals surface area contributed by atoms with Crippen molar-refractivity contribution in [2.75, 3.05) is 13.1 Å². The molecule has 5 nitrogen and oxygen atoms in total. The fourth-order valence-electron chi connectivity index (χ4n) is 2.22. The lowest BCUT2D eigenvalue weighted by molar-refractivity contribution is 0.0661. The minimum atomic E-state index is -0.216. The molecule has 1 heterocycles. The van der Waals surface area contributed by atoms with Gasteiger partial charge < -0.3 is 20.8 Å². The van der Waals surface area contributed by atoms with Crippen LogP contribution in [0.4, 0.5) is 0 Å². The van der Waals surface area contributed by atoms with Gasteiger partial charge in [0, 0.05) is 25.2 Å². The van der Waals surface area contributed by atoms with Crippen molar-refractivity contribution in [1.82, 2.24) is 4.90 Å². The summed E-state index contributed by atoms with van der Waals surface area (Å²) in [6.45, 7) is 3.21. The third kappa shape index (κ3) is 2.41. The summed E-state index contributed by atoms with van der Waals surface area (Å²) in [4.78, 5) is 13.9. The van der Waals surface area contributed by atoms with E-state index >= 15 is 0 Å². The average molecular weight is 250 g/mol. The molecule has 0 radical (unpaired) electrons. The van der Waals surface area contributed by atoms with Gasteiger partial charge in [0.1, 0.15) is 11.5 Å². The van der Waals surface area contributed by atoms with E-state index in [2.05, 4.69) is 0 Å². The maximum Gasteiger partial charge on any atom is 0.257 e. The third-order valence-electron chi connectivity index (χ3n) is 3.47. The van der Waals surface area contributed by atoms with E-state index in [1.165, 1.54) is 18.2 Å². The molecule has 1 aromatic rings. The van der Waals surface area contributed by atoms with Crippen LogP contribution in [-0.4, -0.2) is 40.2 Å². The molecule has 0 saturated carbocycles. The van der Waals surface area contributed by atoms with E-state index in [0.29, 0.717) is 13.1 Å². The summed E-state index contributed by atoms with van der Waals surface area (Å²) in [6.07, 6.45) is 0.770. The summed E-state index contributed by atoms with van der Waals surface area (Å²) >= 11 is 0. The third-order valence-corrected chi connectivity index (χ3v) is 3.47. The number of carbonyl (C=O) groups excluding carboxylic acids is 1. The van der Waals surface area contributed by atoms with Crippen LogP contribution in [0.3, 0.4) is 0 Å². The normalized spacial score (nSPS) is 24.0. The topological polar surface area (TPSA) is 86.8 Å². The zero-order chi connectivity index (χ0) is 13.3. The Morgan fingerprint density at radius 3 is 2.78 bits per heavy atom. The molecule has 1 saturated heterocycles.